The summed E-state index contributed by atoms with van der Waals surface area (Å²) in [5.41, 5.74) is 5.61. The molecular weight excluding hydrogens is 178 g/mol. The first-order chi connectivity index (χ1) is 6.60. The fourth-order valence-corrected chi connectivity index (χ4v) is 1.99. The van der Waals surface area contributed by atoms with Crippen LogP contribution in [-0.4, -0.2) is 12.6 Å². The molecule has 0 spiro atoms. The minimum absolute atomic E-state index is 0.221. The molecule has 1 saturated heterocycles. The van der Waals surface area contributed by atoms with E-state index in [0.29, 0.717) is 0 Å². The van der Waals surface area contributed by atoms with Crippen molar-refractivity contribution in [3.8, 4) is 0 Å². The number of hydrogen-bond donors (Lipinski definition) is 1. The summed E-state index contributed by atoms with van der Waals surface area (Å²) in [6.07, 6.45) is 1.77. The Labute approximate surface area is 84.2 Å². The average molecular weight is 195 g/mol. The van der Waals surface area contributed by atoms with Crippen LogP contribution in [0.3, 0.4) is 0 Å². The van der Waals surface area contributed by atoms with Crippen LogP contribution in [0, 0.1) is 6.92 Å². The summed E-state index contributed by atoms with van der Waals surface area (Å²) in [5, 5.41) is 0. The zero-order valence-electron chi connectivity index (χ0n) is 8.75. The van der Waals surface area contributed by atoms with E-state index in [0.717, 1.165) is 31.0 Å². The van der Waals surface area contributed by atoms with Crippen LogP contribution in [0.5, 0.6) is 0 Å². The number of nitrogens with two attached hydrogens (primary N) is 1. The van der Waals surface area contributed by atoms with Gasteiger partial charge in [-0.05, 0) is 38.8 Å². The van der Waals surface area contributed by atoms with Crippen LogP contribution in [0.1, 0.15) is 31.3 Å². The molecule has 2 heterocycles. The largest absolute Gasteiger partial charge is 0.463 e. The van der Waals surface area contributed by atoms with Crippen LogP contribution in [0.15, 0.2) is 16.5 Å². The van der Waals surface area contributed by atoms with Gasteiger partial charge in [-0.1, -0.05) is 0 Å². The Morgan fingerprint density at radius 2 is 2.29 bits per heavy atom. The van der Waals surface area contributed by atoms with Crippen molar-refractivity contribution in [3.63, 3.8) is 0 Å². The molecule has 2 atom stereocenters. The van der Waals surface area contributed by atoms with Crippen molar-refractivity contribution < 1.29 is 9.15 Å². The second-order valence-corrected chi connectivity index (χ2v) is 4.24. The van der Waals surface area contributed by atoms with Gasteiger partial charge < -0.3 is 14.9 Å². The number of furan rings is 1. The van der Waals surface area contributed by atoms with Gasteiger partial charge in [-0.2, -0.15) is 0 Å². The Hall–Kier alpha value is -0.800. The zero-order valence-corrected chi connectivity index (χ0v) is 8.75. The van der Waals surface area contributed by atoms with Crippen molar-refractivity contribution in [2.45, 2.75) is 38.3 Å². The first-order valence-corrected chi connectivity index (χ1v) is 5.07. The summed E-state index contributed by atoms with van der Waals surface area (Å²) < 4.78 is 11.4. The number of hydrogen-bond acceptors (Lipinski definition) is 3. The van der Waals surface area contributed by atoms with Crippen molar-refractivity contribution in [1.82, 2.24) is 0 Å². The van der Waals surface area contributed by atoms with E-state index in [1.807, 2.05) is 26.0 Å². The molecule has 0 aliphatic carbocycles. The van der Waals surface area contributed by atoms with Gasteiger partial charge in [0, 0.05) is 12.6 Å². The third kappa shape index (κ3) is 1.70. The van der Waals surface area contributed by atoms with Crippen molar-refractivity contribution >= 4 is 0 Å². The normalized spacial score (nSPS) is 33.2. The van der Waals surface area contributed by atoms with Gasteiger partial charge in [0.25, 0.3) is 0 Å². The molecule has 1 aromatic rings. The van der Waals surface area contributed by atoms with E-state index in [2.05, 4.69) is 0 Å². The molecule has 0 amide bonds. The fourth-order valence-electron chi connectivity index (χ4n) is 1.99. The lowest BCUT2D eigenvalue weighted by molar-refractivity contribution is -0.0895. The monoisotopic (exact) mass is 195 g/mol. The summed E-state index contributed by atoms with van der Waals surface area (Å²) in [4.78, 5) is 0. The maximum absolute atomic E-state index is 5.93. The molecule has 3 nitrogen and oxygen atoms in total. The van der Waals surface area contributed by atoms with E-state index in [9.17, 15) is 0 Å². The fraction of sp³-hybridized carbons (Fsp3) is 0.636. The third-order valence-corrected chi connectivity index (χ3v) is 2.82. The standard InChI is InChI=1S/C11H17NO2/c1-8-3-4-10(14-8)11(2)7-9(12)5-6-13-11/h3-4,9H,5-7,12H2,1-2H3. The van der Waals surface area contributed by atoms with E-state index in [4.69, 9.17) is 14.9 Å². The van der Waals surface area contributed by atoms with Gasteiger partial charge in [0.1, 0.15) is 17.1 Å². The molecular formula is C11H17NO2. The number of rotatable bonds is 1. The van der Waals surface area contributed by atoms with Gasteiger partial charge in [0.05, 0.1) is 0 Å². The highest BCUT2D eigenvalue weighted by Gasteiger charge is 2.36. The topological polar surface area (TPSA) is 48.4 Å². The average Bonchev–Trinajstić information content (AvgIpc) is 2.52. The predicted octanol–water partition coefficient (Wildman–Crippen LogP) is 1.94. The minimum Gasteiger partial charge on any atom is -0.463 e. The molecule has 3 heteroatoms. The molecule has 0 radical (unpaired) electrons. The molecule has 0 saturated carbocycles. The molecule has 1 aliphatic heterocycles. The zero-order chi connectivity index (χ0) is 10.2. The molecule has 1 aliphatic rings. The van der Waals surface area contributed by atoms with E-state index in [-0.39, 0.29) is 11.6 Å². The van der Waals surface area contributed by atoms with Gasteiger partial charge in [-0.15, -0.1) is 0 Å². The van der Waals surface area contributed by atoms with Crippen LogP contribution in [0.25, 0.3) is 0 Å². The Bertz CT molecular complexity index is 321. The van der Waals surface area contributed by atoms with Gasteiger partial charge in [-0.25, -0.2) is 0 Å². The molecule has 78 valence electrons. The van der Waals surface area contributed by atoms with Crippen molar-refractivity contribution in [2.75, 3.05) is 6.61 Å². The van der Waals surface area contributed by atoms with Crippen LogP contribution in [0.2, 0.25) is 0 Å². The second-order valence-electron chi connectivity index (χ2n) is 4.24. The molecule has 0 bridgehead atoms. The Morgan fingerprint density at radius 1 is 1.50 bits per heavy atom. The van der Waals surface area contributed by atoms with Gasteiger partial charge in [0.2, 0.25) is 0 Å². The van der Waals surface area contributed by atoms with E-state index in [1.54, 1.807) is 0 Å². The molecule has 2 N–H and O–H groups in total. The van der Waals surface area contributed by atoms with E-state index in [1.165, 1.54) is 0 Å². The first kappa shape index (κ1) is 9.74. The lowest BCUT2D eigenvalue weighted by Crippen LogP contribution is -2.40. The lowest BCUT2D eigenvalue weighted by Gasteiger charge is -2.35. The SMILES string of the molecule is Cc1ccc(C2(C)CC(N)CCO2)o1. The highest BCUT2D eigenvalue weighted by Crippen LogP contribution is 2.34. The summed E-state index contributed by atoms with van der Waals surface area (Å²) in [6.45, 7) is 4.71. The van der Waals surface area contributed by atoms with Crippen molar-refractivity contribution in [1.29, 1.82) is 0 Å². The molecule has 1 aromatic heterocycles. The Kier molecular flexibility index (Phi) is 2.37. The quantitative estimate of drug-likeness (QED) is 0.745. The molecule has 1 fully saturated rings. The highest BCUT2D eigenvalue weighted by atomic mass is 16.5. The van der Waals surface area contributed by atoms with Crippen LogP contribution < -0.4 is 5.73 Å². The van der Waals surface area contributed by atoms with Gasteiger partial charge in [-0.3, -0.25) is 0 Å². The lowest BCUT2D eigenvalue weighted by atomic mass is 9.90. The van der Waals surface area contributed by atoms with Crippen LogP contribution in [-0.2, 0) is 10.3 Å². The first-order valence-electron chi connectivity index (χ1n) is 5.07. The van der Waals surface area contributed by atoms with E-state index >= 15 is 0 Å². The number of aryl methyl sites for hydroxylation is 1. The highest BCUT2D eigenvalue weighted by molar-refractivity contribution is 5.14. The maximum atomic E-state index is 5.93. The smallest absolute Gasteiger partial charge is 0.135 e. The molecule has 14 heavy (non-hydrogen) atoms. The predicted molar refractivity (Wildman–Crippen MR) is 54.0 cm³/mol. The molecule has 2 unspecified atom stereocenters. The summed E-state index contributed by atoms with van der Waals surface area (Å²) in [6, 6.07) is 4.16. The van der Waals surface area contributed by atoms with Gasteiger partial charge in [0.15, 0.2) is 0 Å². The molecule has 0 aromatic carbocycles. The maximum Gasteiger partial charge on any atom is 0.135 e. The molecule has 2 rings (SSSR count). The third-order valence-electron chi connectivity index (χ3n) is 2.82. The minimum atomic E-state index is -0.327. The summed E-state index contributed by atoms with van der Waals surface area (Å²) >= 11 is 0. The van der Waals surface area contributed by atoms with Crippen molar-refractivity contribution in [3.05, 3.63) is 23.7 Å². The van der Waals surface area contributed by atoms with Crippen molar-refractivity contribution in [2.24, 2.45) is 5.73 Å². The van der Waals surface area contributed by atoms with Crippen LogP contribution >= 0.6 is 0 Å². The summed E-state index contributed by atoms with van der Waals surface area (Å²) in [5.74, 6) is 1.81. The van der Waals surface area contributed by atoms with E-state index < -0.39 is 0 Å². The summed E-state index contributed by atoms with van der Waals surface area (Å²) in [7, 11) is 0. The Balaban J connectivity index is 2.22. The number of ether oxygens (including phenoxy) is 1. The second kappa shape index (κ2) is 3.41. The Morgan fingerprint density at radius 3 is 2.86 bits per heavy atom. The van der Waals surface area contributed by atoms with Crippen LogP contribution in [0.4, 0.5) is 0 Å². The van der Waals surface area contributed by atoms with Gasteiger partial charge >= 0.3 is 0 Å².